The molecule has 0 spiro atoms. The van der Waals surface area contributed by atoms with E-state index in [-0.39, 0.29) is 29.2 Å². The first-order chi connectivity index (χ1) is 10.9. The second-order valence-corrected chi connectivity index (χ2v) is 5.12. The van der Waals surface area contributed by atoms with Crippen LogP contribution in [0.4, 0.5) is 11.4 Å². The highest BCUT2D eigenvalue weighted by Gasteiger charge is 2.21. The molecule has 3 N–H and O–H groups in total. The van der Waals surface area contributed by atoms with Crippen LogP contribution in [0.5, 0.6) is 5.88 Å². The summed E-state index contributed by atoms with van der Waals surface area (Å²) in [6.07, 6.45) is 0. The third kappa shape index (κ3) is 3.13. The highest BCUT2D eigenvalue weighted by Crippen LogP contribution is 2.32. The zero-order valence-electron chi connectivity index (χ0n) is 13.2. The number of nitrogens with zero attached hydrogens (tertiary/aromatic N) is 3. The fourth-order valence-corrected chi connectivity index (χ4v) is 2.23. The van der Waals surface area contributed by atoms with Crippen molar-refractivity contribution in [3.05, 3.63) is 51.3 Å². The van der Waals surface area contributed by atoms with Gasteiger partial charge in [-0.3, -0.25) is 14.2 Å². The molecule has 1 aromatic heterocycles. The number of hydrogen-bond acceptors (Lipinski definition) is 5. The van der Waals surface area contributed by atoms with Crippen molar-refractivity contribution in [1.82, 2.24) is 4.57 Å². The number of primary amides is 1. The lowest BCUT2D eigenvalue weighted by atomic mass is 10.1. The Labute approximate surface area is 133 Å². The second kappa shape index (κ2) is 6.43. The first kappa shape index (κ1) is 16.4. The highest BCUT2D eigenvalue weighted by molar-refractivity contribution is 5.95. The molecule has 0 aliphatic heterocycles. The van der Waals surface area contributed by atoms with Gasteiger partial charge in [-0.2, -0.15) is 5.11 Å². The van der Waals surface area contributed by atoms with Crippen LogP contribution in [0.2, 0.25) is 0 Å². The second-order valence-electron chi connectivity index (χ2n) is 5.12. The molecule has 2 aromatic rings. The molecular formula is C16H18N4O3. The monoisotopic (exact) mass is 314 g/mol. The number of benzene rings is 1. The Morgan fingerprint density at radius 3 is 2.35 bits per heavy atom. The van der Waals surface area contributed by atoms with E-state index in [9.17, 15) is 14.7 Å². The maximum Gasteiger partial charge on any atom is 0.266 e. The van der Waals surface area contributed by atoms with Gasteiger partial charge in [-0.25, -0.2) is 0 Å². The number of aryl methyl sites for hydroxylation is 1. The molecular weight excluding hydrogens is 296 g/mol. The molecule has 0 fully saturated rings. The molecule has 0 saturated carbocycles. The minimum Gasteiger partial charge on any atom is -0.493 e. The van der Waals surface area contributed by atoms with Crippen molar-refractivity contribution in [2.75, 3.05) is 0 Å². The maximum absolute atomic E-state index is 12.2. The smallest absolute Gasteiger partial charge is 0.266 e. The number of aromatic nitrogens is 1. The molecule has 0 bridgehead atoms. The Bertz CT molecular complexity index is 836. The maximum atomic E-state index is 12.2. The van der Waals surface area contributed by atoms with Gasteiger partial charge in [0.15, 0.2) is 0 Å². The van der Waals surface area contributed by atoms with E-state index in [4.69, 9.17) is 5.73 Å². The quantitative estimate of drug-likeness (QED) is 0.846. The molecule has 0 atom stereocenters. The lowest BCUT2D eigenvalue weighted by molar-refractivity contribution is 0.0997. The minimum absolute atomic E-state index is 0.0563. The lowest BCUT2D eigenvalue weighted by Crippen LogP contribution is -2.30. The molecule has 7 nitrogen and oxygen atoms in total. The summed E-state index contributed by atoms with van der Waals surface area (Å²) in [6.45, 7) is 5.30. The fourth-order valence-electron chi connectivity index (χ4n) is 2.23. The number of pyridine rings is 1. The molecule has 1 aromatic carbocycles. The van der Waals surface area contributed by atoms with Crippen LogP contribution in [-0.4, -0.2) is 15.6 Å². The molecule has 0 radical (unpaired) electrons. The van der Waals surface area contributed by atoms with E-state index >= 15 is 0 Å². The predicted octanol–water partition coefficient (Wildman–Crippen LogP) is 2.70. The van der Waals surface area contributed by atoms with E-state index < -0.39 is 11.5 Å². The molecule has 2 rings (SSSR count). The van der Waals surface area contributed by atoms with Crippen molar-refractivity contribution in [3.8, 4) is 5.88 Å². The van der Waals surface area contributed by atoms with Crippen LogP contribution in [0.1, 0.15) is 28.4 Å². The van der Waals surface area contributed by atoms with Gasteiger partial charge in [0.05, 0.1) is 5.69 Å². The number of hydrogen-bond donors (Lipinski definition) is 2. The lowest BCUT2D eigenvalue weighted by Gasteiger charge is -2.12. The largest absolute Gasteiger partial charge is 0.493 e. The number of azo groups is 1. The Morgan fingerprint density at radius 1 is 1.22 bits per heavy atom. The van der Waals surface area contributed by atoms with E-state index in [2.05, 4.69) is 10.2 Å². The van der Waals surface area contributed by atoms with Crippen molar-refractivity contribution in [2.24, 2.45) is 16.0 Å². The molecule has 0 aliphatic carbocycles. The predicted molar refractivity (Wildman–Crippen MR) is 86.7 cm³/mol. The van der Waals surface area contributed by atoms with Crippen LogP contribution in [0.15, 0.2) is 39.3 Å². The average molecular weight is 314 g/mol. The molecule has 0 saturated heterocycles. The van der Waals surface area contributed by atoms with Crippen molar-refractivity contribution in [1.29, 1.82) is 0 Å². The number of aromatic hydroxyl groups is 1. The Morgan fingerprint density at radius 2 is 1.83 bits per heavy atom. The first-order valence-electron chi connectivity index (χ1n) is 7.11. The SMILES string of the molecule is CCn1c(O)c(/N=N/c2ccc(C)cc2)c(C)c(C(N)=O)c1=O. The topological polar surface area (TPSA) is 110 Å². The summed E-state index contributed by atoms with van der Waals surface area (Å²) in [6, 6.07) is 7.30. The van der Waals surface area contributed by atoms with Gasteiger partial charge in [-0.15, -0.1) is 5.11 Å². The summed E-state index contributed by atoms with van der Waals surface area (Å²) >= 11 is 0. The molecule has 0 aliphatic rings. The summed E-state index contributed by atoms with van der Waals surface area (Å²) < 4.78 is 1.04. The summed E-state index contributed by atoms with van der Waals surface area (Å²) in [5.41, 5.74) is 6.38. The van der Waals surface area contributed by atoms with Crippen LogP contribution < -0.4 is 11.3 Å². The number of carbonyl (C=O) groups excluding carboxylic acids is 1. The molecule has 23 heavy (non-hydrogen) atoms. The van der Waals surface area contributed by atoms with Crippen LogP contribution >= 0.6 is 0 Å². The first-order valence-corrected chi connectivity index (χ1v) is 7.11. The molecule has 7 heteroatoms. The number of amides is 1. The standard InChI is InChI=1S/C16H18N4O3/c1-4-20-15(22)12(14(17)21)10(3)13(16(20)23)19-18-11-7-5-9(2)6-8-11/h5-8,23H,4H2,1-3H3,(H2,17,21)/b19-18+. The van der Waals surface area contributed by atoms with Crippen LogP contribution in [0.3, 0.4) is 0 Å². The van der Waals surface area contributed by atoms with Gasteiger partial charge in [-0.1, -0.05) is 17.7 Å². The molecule has 1 amide bonds. The highest BCUT2D eigenvalue weighted by atomic mass is 16.3. The molecule has 1 heterocycles. The van der Waals surface area contributed by atoms with Crippen molar-refractivity contribution < 1.29 is 9.90 Å². The van der Waals surface area contributed by atoms with Crippen molar-refractivity contribution in [3.63, 3.8) is 0 Å². The van der Waals surface area contributed by atoms with Crippen molar-refractivity contribution in [2.45, 2.75) is 27.3 Å². The molecule has 120 valence electrons. The number of carbonyl (C=O) groups is 1. The zero-order valence-corrected chi connectivity index (χ0v) is 13.2. The normalized spacial score (nSPS) is 11.1. The summed E-state index contributed by atoms with van der Waals surface area (Å²) in [4.78, 5) is 23.7. The van der Waals surface area contributed by atoms with E-state index in [0.29, 0.717) is 5.69 Å². The minimum atomic E-state index is -0.860. The number of rotatable bonds is 4. The van der Waals surface area contributed by atoms with Gasteiger partial charge >= 0.3 is 0 Å². The van der Waals surface area contributed by atoms with Gasteiger partial charge in [0.2, 0.25) is 5.88 Å². The van der Waals surface area contributed by atoms with Gasteiger partial charge in [0.25, 0.3) is 11.5 Å². The van der Waals surface area contributed by atoms with E-state index in [1.807, 2.05) is 19.1 Å². The van der Waals surface area contributed by atoms with Gasteiger partial charge < -0.3 is 10.8 Å². The van der Waals surface area contributed by atoms with Crippen molar-refractivity contribution >= 4 is 17.3 Å². The Hall–Kier alpha value is -2.96. The number of nitrogens with two attached hydrogens (primary N) is 1. The van der Waals surface area contributed by atoms with Crippen LogP contribution in [-0.2, 0) is 6.54 Å². The van der Waals surface area contributed by atoms with Crippen LogP contribution in [0.25, 0.3) is 0 Å². The summed E-state index contributed by atoms with van der Waals surface area (Å²) in [5.74, 6) is -1.20. The van der Waals surface area contributed by atoms with E-state index in [0.717, 1.165) is 10.1 Å². The average Bonchev–Trinajstić information content (AvgIpc) is 2.49. The van der Waals surface area contributed by atoms with E-state index in [1.165, 1.54) is 6.92 Å². The fraction of sp³-hybridized carbons (Fsp3) is 0.250. The summed E-state index contributed by atoms with van der Waals surface area (Å²) in [5, 5.41) is 18.3. The van der Waals surface area contributed by atoms with Crippen LogP contribution in [0, 0.1) is 13.8 Å². The van der Waals surface area contributed by atoms with Gasteiger partial charge in [0, 0.05) is 12.1 Å². The molecule has 0 unspecified atom stereocenters. The third-order valence-corrected chi connectivity index (χ3v) is 3.52. The van der Waals surface area contributed by atoms with Gasteiger partial charge in [-0.05, 0) is 32.9 Å². The Balaban J connectivity index is 2.62. The summed E-state index contributed by atoms with van der Waals surface area (Å²) in [7, 11) is 0. The third-order valence-electron chi connectivity index (χ3n) is 3.52. The zero-order chi connectivity index (χ0) is 17.1. The van der Waals surface area contributed by atoms with E-state index in [1.54, 1.807) is 19.1 Å². The Kier molecular flexibility index (Phi) is 4.59. The van der Waals surface area contributed by atoms with Gasteiger partial charge in [0.1, 0.15) is 11.3 Å².